The Hall–Kier alpha value is -1.75. The quantitative estimate of drug-likeness (QED) is 0.677. The smallest absolute Gasteiger partial charge is 0.237 e. The van der Waals surface area contributed by atoms with Crippen molar-refractivity contribution in [1.29, 1.82) is 0 Å². The van der Waals surface area contributed by atoms with E-state index in [1.807, 2.05) is 0 Å². The van der Waals surface area contributed by atoms with Crippen LogP contribution in [0.3, 0.4) is 0 Å². The Morgan fingerprint density at radius 1 is 1.56 bits per heavy atom. The molecule has 0 aliphatic carbocycles. The monoisotopic (exact) mass is 224 g/mol. The molecule has 0 fully saturated rings. The largest absolute Gasteiger partial charge is 0.504 e. The standard InChI is InChI=1S/C11H16N2O3/c1-11(13,10(12)15)6-7-3-4-8(14)9(5-7)16-2/h3-5,14H,6,13H2,1-2H3,(H2,12,15)/t11-/m0/s1. The second-order valence-electron chi connectivity index (χ2n) is 3.96. The van der Waals surface area contributed by atoms with E-state index in [9.17, 15) is 9.90 Å². The molecule has 1 aromatic rings. The number of carbonyl (C=O) groups excluding carboxylic acids is 1. The first-order chi connectivity index (χ1) is 7.36. The lowest BCUT2D eigenvalue weighted by Gasteiger charge is -2.20. The first-order valence-electron chi connectivity index (χ1n) is 4.81. The van der Waals surface area contributed by atoms with Crippen LogP contribution in [0.5, 0.6) is 11.5 Å². The number of hydrogen-bond donors (Lipinski definition) is 3. The van der Waals surface area contributed by atoms with Crippen molar-refractivity contribution < 1.29 is 14.6 Å². The number of phenolic OH excluding ortho intramolecular Hbond substituents is 1. The van der Waals surface area contributed by atoms with Gasteiger partial charge in [0.15, 0.2) is 11.5 Å². The molecule has 16 heavy (non-hydrogen) atoms. The van der Waals surface area contributed by atoms with Crippen molar-refractivity contribution in [3.63, 3.8) is 0 Å². The van der Waals surface area contributed by atoms with Gasteiger partial charge in [-0.3, -0.25) is 4.79 Å². The summed E-state index contributed by atoms with van der Waals surface area (Å²) in [5.74, 6) is -0.179. The molecule has 0 aromatic heterocycles. The van der Waals surface area contributed by atoms with Crippen molar-refractivity contribution in [1.82, 2.24) is 0 Å². The fourth-order valence-electron chi connectivity index (χ4n) is 1.34. The molecule has 5 heteroatoms. The molecule has 0 aliphatic heterocycles. The van der Waals surface area contributed by atoms with Crippen LogP contribution in [0.15, 0.2) is 18.2 Å². The lowest BCUT2D eigenvalue weighted by Crippen LogP contribution is -2.51. The van der Waals surface area contributed by atoms with E-state index in [-0.39, 0.29) is 5.75 Å². The summed E-state index contributed by atoms with van der Waals surface area (Å²) in [5, 5.41) is 9.39. The minimum Gasteiger partial charge on any atom is -0.504 e. The second-order valence-corrected chi connectivity index (χ2v) is 3.96. The molecule has 88 valence electrons. The number of ether oxygens (including phenoxy) is 1. The molecular formula is C11H16N2O3. The van der Waals surface area contributed by atoms with Crippen molar-refractivity contribution in [2.45, 2.75) is 18.9 Å². The Balaban J connectivity index is 2.94. The van der Waals surface area contributed by atoms with E-state index in [4.69, 9.17) is 16.2 Å². The van der Waals surface area contributed by atoms with Crippen molar-refractivity contribution in [2.24, 2.45) is 11.5 Å². The highest BCUT2D eigenvalue weighted by Gasteiger charge is 2.26. The van der Waals surface area contributed by atoms with Crippen molar-refractivity contribution >= 4 is 5.91 Å². The minimum absolute atomic E-state index is 0.0454. The summed E-state index contributed by atoms with van der Waals surface area (Å²) in [6, 6.07) is 4.79. The van der Waals surface area contributed by atoms with Gasteiger partial charge in [-0.2, -0.15) is 0 Å². The Kier molecular flexibility index (Phi) is 3.39. The summed E-state index contributed by atoms with van der Waals surface area (Å²) in [6.45, 7) is 1.56. The van der Waals surface area contributed by atoms with E-state index in [1.165, 1.54) is 13.2 Å². The zero-order valence-corrected chi connectivity index (χ0v) is 9.36. The van der Waals surface area contributed by atoms with Gasteiger partial charge >= 0.3 is 0 Å². The fourth-order valence-corrected chi connectivity index (χ4v) is 1.34. The normalized spacial score (nSPS) is 14.2. The molecule has 1 aromatic carbocycles. The third kappa shape index (κ3) is 2.64. The summed E-state index contributed by atoms with van der Waals surface area (Å²) >= 11 is 0. The number of benzene rings is 1. The molecule has 5 N–H and O–H groups in total. The number of aromatic hydroxyl groups is 1. The van der Waals surface area contributed by atoms with Crippen LogP contribution in [0.4, 0.5) is 0 Å². The lowest BCUT2D eigenvalue weighted by atomic mass is 9.93. The van der Waals surface area contributed by atoms with E-state index in [0.29, 0.717) is 12.2 Å². The summed E-state index contributed by atoms with van der Waals surface area (Å²) in [4.78, 5) is 11.1. The predicted octanol–water partition coefficient (Wildman–Crippen LogP) is 0.146. The highest BCUT2D eigenvalue weighted by molar-refractivity contribution is 5.84. The van der Waals surface area contributed by atoms with Gasteiger partial charge in [0.05, 0.1) is 12.6 Å². The maximum Gasteiger partial charge on any atom is 0.237 e. The van der Waals surface area contributed by atoms with Gasteiger partial charge in [-0.1, -0.05) is 6.07 Å². The molecular weight excluding hydrogens is 208 g/mol. The minimum atomic E-state index is -1.11. The first kappa shape index (κ1) is 12.3. The van der Waals surface area contributed by atoms with Crippen molar-refractivity contribution in [3.05, 3.63) is 23.8 Å². The highest BCUT2D eigenvalue weighted by atomic mass is 16.5. The third-order valence-corrected chi connectivity index (χ3v) is 2.38. The number of methoxy groups -OCH3 is 1. The fraction of sp³-hybridized carbons (Fsp3) is 0.364. The predicted molar refractivity (Wildman–Crippen MR) is 60.1 cm³/mol. The number of amides is 1. The molecule has 0 bridgehead atoms. The maximum atomic E-state index is 11.1. The molecule has 0 spiro atoms. The molecule has 0 saturated heterocycles. The Morgan fingerprint density at radius 2 is 2.19 bits per heavy atom. The average Bonchev–Trinajstić information content (AvgIpc) is 2.20. The lowest BCUT2D eigenvalue weighted by molar-refractivity contribution is -0.122. The number of primary amides is 1. The van der Waals surface area contributed by atoms with Crippen LogP contribution >= 0.6 is 0 Å². The number of phenols is 1. The summed E-state index contributed by atoms with van der Waals surface area (Å²) in [5.41, 5.74) is 10.6. The second kappa shape index (κ2) is 4.40. The molecule has 1 atom stereocenters. The van der Waals surface area contributed by atoms with E-state index in [2.05, 4.69) is 0 Å². The molecule has 0 radical (unpaired) electrons. The first-order valence-corrected chi connectivity index (χ1v) is 4.81. The van der Waals surface area contributed by atoms with Crippen LogP contribution in [-0.2, 0) is 11.2 Å². The van der Waals surface area contributed by atoms with Crippen LogP contribution in [0.25, 0.3) is 0 Å². The highest BCUT2D eigenvalue weighted by Crippen LogP contribution is 2.27. The van der Waals surface area contributed by atoms with Crippen LogP contribution < -0.4 is 16.2 Å². The summed E-state index contributed by atoms with van der Waals surface area (Å²) in [6.07, 6.45) is 0.291. The van der Waals surface area contributed by atoms with Gasteiger partial charge in [0, 0.05) is 0 Å². The van der Waals surface area contributed by atoms with Crippen LogP contribution in [-0.4, -0.2) is 23.7 Å². The van der Waals surface area contributed by atoms with Gasteiger partial charge in [-0.25, -0.2) is 0 Å². The van der Waals surface area contributed by atoms with E-state index < -0.39 is 11.4 Å². The van der Waals surface area contributed by atoms with Gasteiger partial charge in [0.25, 0.3) is 0 Å². The van der Waals surface area contributed by atoms with Crippen molar-refractivity contribution in [3.8, 4) is 11.5 Å². The summed E-state index contributed by atoms with van der Waals surface area (Å²) < 4.78 is 4.95. The average molecular weight is 224 g/mol. The molecule has 0 aliphatic rings. The number of hydrogen-bond acceptors (Lipinski definition) is 4. The van der Waals surface area contributed by atoms with Crippen LogP contribution in [0, 0.1) is 0 Å². The molecule has 0 unspecified atom stereocenters. The zero-order chi connectivity index (χ0) is 12.3. The molecule has 0 heterocycles. The molecule has 0 saturated carbocycles. The maximum absolute atomic E-state index is 11.1. The molecule has 1 amide bonds. The van der Waals surface area contributed by atoms with Crippen LogP contribution in [0.1, 0.15) is 12.5 Å². The molecule has 1 rings (SSSR count). The van der Waals surface area contributed by atoms with Crippen molar-refractivity contribution in [2.75, 3.05) is 7.11 Å². The number of nitrogens with two attached hydrogens (primary N) is 2. The zero-order valence-electron chi connectivity index (χ0n) is 9.36. The Morgan fingerprint density at radius 3 is 2.69 bits per heavy atom. The van der Waals surface area contributed by atoms with E-state index >= 15 is 0 Å². The summed E-state index contributed by atoms with van der Waals surface area (Å²) in [7, 11) is 1.45. The van der Waals surface area contributed by atoms with Gasteiger partial charge in [0.1, 0.15) is 0 Å². The number of carbonyl (C=O) groups is 1. The Labute approximate surface area is 94.0 Å². The third-order valence-electron chi connectivity index (χ3n) is 2.38. The van der Waals surface area contributed by atoms with E-state index in [0.717, 1.165) is 5.56 Å². The SMILES string of the molecule is COc1cc(C[C@](C)(N)C(N)=O)ccc1O. The van der Waals surface area contributed by atoms with Gasteiger partial charge in [0.2, 0.25) is 5.91 Å². The van der Waals surface area contributed by atoms with Gasteiger partial charge in [-0.05, 0) is 31.0 Å². The van der Waals surface area contributed by atoms with Crippen LogP contribution in [0.2, 0.25) is 0 Å². The Bertz CT molecular complexity index is 402. The van der Waals surface area contributed by atoms with Gasteiger partial charge in [-0.15, -0.1) is 0 Å². The topological polar surface area (TPSA) is 98.6 Å². The molecule has 5 nitrogen and oxygen atoms in total. The van der Waals surface area contributed by atoms with E-state index in [1.54, 1.807) is 19.1 Å². The number of rotatable bonds is 4. The van der Waals surface area contributed by atoms with Gasteiger partial charge < -0.3 is 21.3 Å².